The minimum atomic E-state index is -3.44. The van der Waals surface area contributed by atoms with Crippen LogP contribution in [0.3, 0.4) is 0 Å². The van der Waals surface area contributed by atoms with Crippen molar-refractivity contribution in [3.63, 3.8) is 0 Å². The number of nitrogens with one attached hydrogen (secondary N) is 1. The highest BCUT2D eigenvalue weighted by molar-refractivity contribution is 7.91. The fourth-order valence-corrected chi connectivity index (χ4v) is 3.77. The van der Waals surface area contributed by atoms with Gasteiger partial charge in [-0.25, -0.2) is 13.1 Å². The lowest BCUT2D eigenvalue weighted by Gasteiger charge is -2.22. The molecule has 5 nitrogen and oxygen atoms in total. The summed E-state index contributed by atoms with van der Waals surface area (Å²) in [7, 11) is 0.327. The molecule has 2 rings (SSSR count). The van der Waals surface area contributed by atoms with Crippen molar-refractivity contribution in [1.82, 2.24) is 9.62 Å². The number of sulfonamides is 1. The minimum Gasteiger partial charge on any atom is -0.468 e. The van der Waals surface area contributed by atoms with Crippen molar-refractivity contribution in [2.45, 2.75) is 10.3 Å². The van der Waals surface area contributed by atoms with E-state index in [1.165, 1.54) is 11.3 Å². The lowest BCUT2D eigenvalue weighted by Crippen LogP contribution is -2.34. The lowest BCUT2D eigenvalue weighted by atomic mass is 10.2. The van der Waals surface area contributed by atoms with Crippen LogP contribution in [0.5, 0.6) is 0 Å². The fourth-order valence-electron chi connectivity index (χ4n) is 1.69. The van der Waals surface area contributed by atoms with E-state index < -0.39 is 10.0 Å². The first-order chi connectivity index (χ1) is 9.00. The van der Waals surface area contributed by atoms with Crippen molar-refractivity contribution in [3.8, 4) is 0 Å². The Morgan fingerprint density at radius 3 is 2.68 bits per heavy atom. The monoisotopic (exact) mass is 300 g/mol. The molecular formula is C12H16N2O3S2. The molecule has 19 heavy (non-hydrogen) atoms. The van der Waals surface area contributed by atoms with Crippen molar-refractivity contribution in [1.29, 1.82) is 0 Å². The van der Waals surface area contributed by atoms with Crippen molar-refractivity contribution in [2.24, 2.45) is 0 Å². The zero-order chi connectivity index (χ0) is 13.9. The van der Waals surface area contributed by atoms with E-state index in [-0.39, 0.29) is 12.6 Å². The molecule has 0 aliphatic heterocycles. The maximum atomic E-state index is 12.0. The van der Waals surface area contributed by atoms with Crippen LogP contribution in [0.4, 0.5) is 0 Å². The van der Waals surface area contributed by atoms with Gasteiger partial charge in [0.25, 0.3) is 0 Å². The Hall–Kier alpha value is -1.15. The molecule has 0 saturated carbocycles. The van der Waals surface area contributed by atoms with Gasteiger partial charge in [0.05, 0.1) is 12.3 Å². The molecule has 0 aliphatic carbocycles. The molecule has 0 fully saturated rings. The molecular weight excluding hydrogens is 284 g/mol. The van der Waals surface area contributed by atoms with Gasteiger partial charge < -0.3 is 4.42 Å². The highest BCUT2D eigenvalue weighted by Crippen LogP contribution is 2.20. The molecule has 0 aliphatic rings. The predicted molar refractivity (Wildman–Crippen MR) is 74.6 cm³/mol. The van der Waals surface area contributed by atoms with Gasteiger partial charge in [0.2, 0.25) is 10.0 Å². The maximum Gasteiger partial charge on any atom is 0.250 e. The van der Waals surface area contributed by atoms with Crippen LogP contribution in [0.25, 0.3) is 0 Å². The summed E-state index contributed by atoms with van der Waals surface area (Å²) in [6.45, 7) is 0.265. The zero-order valence-corrected chi connectivity index (χ0v) is 12.4. The molecule has 2 heterocycles. The molecule has 1 atom stereocenters. The van der Waals surface area contributed by atoms with E-state index in [1.54, 1.807) is 29.8 Å². The van der Waals surface area contributed by atoms with Crippen LogP contribution in [0.2, 0.25) is 0 Å². The Morgan fingerprint density at radius 2 is 2.16 bits per heavy atom. The molecule has 0 radical (unpaired) electrons. The first kappa shape index (κ1) is 14.3. The molecule has 0 spiro atoms. The number of hydrogen-bond acceptors (Lipinski definition) is 5. The maximum absolute atomic E-state index is 12.0. The van der Waals surface area contributed by atoms with E-state index in [0.29, 0.717) is 4.21 Å². The second kappa shape index (κ2) is 5.87. The van der Waals surface area contributed by atoms with E-state index in [1.807, 2.05) is 25.1 Å². The van der Waals surface area contributed by atoms with E-state index >= 15 is 0 Å². The SMILES string of the molecule is CN(C)[C@H](CNS(=O)(=O)c1cccs1)c1ccco1. The first-order valence-electron chi connectivity index (χ1n) is 5.74. The Bertz CT molecular complexity index is 589. The number of furan rings is 1. The van der Waals surface area contributed by atoms with Crippen LogP contribution in [-0.2, 0) is 10.0 Å². The highest BCUT2D eigenvalue weighted by Gasteiger charge is 2.21. The highest BCUT2D eigenvalue weighted by atomic mass is 32.2. The van der Waals surface area contributed by atoms with Crippen LogP contribution < -0.4 is 4.72 Å². The summed E-state index contributed by atoms with van der Waals surface area (Å²) in [5, 5.41) is 1.74. The number of nitrogens with zero attached hydrogens (tertiary/aromatic N) is 1. The van der Waals surface area contributed by atoms with Crippen molar-refractivity contribution >= 4 is 21.4 Å². The van der Waals surface area contributed by atoms with Gasteiger partial charge in [-0.05, 0) is 37.7 Å². The summed E-state index contributed by atoms with van der Waals surface area (Å²) in [5.74, 6) is 0.735. The van der Waals surface area contributed by atoms with Crippen LogP contribution in [0, 0.1) is 0 Å². The Kier molecular flexibility index (Phi) is 4.41. The number of thiophene rings is 1. The zero-order valence-electron chi connectivity index (χ0n) is 10.7. The van der Waals surface area contributed by atoms with E-state index in [4.69, 9.17) is 4.42 Å². The molecule has 0 unspecified atom stereocenters. The molecule has 1 N–H and O–H groups in total. The lowest BCUT2D eigenvalue weighted by molar-refractivity contribution is 0.259. The van der Waals surface area contributed by atoms with Gasteiger partial charge in [0, 0.05) is 6.54 Å². The van der Waals surface area contributed by atoms with Gasteiger partial charge >= 0.3 is 0 Å². The Labute approximate surface area is 116 Å². The van der Waals surface area contributed by atoms with Gasteiger partial charge in [-0.3, -0.25) is 4.90 Å². The van der Waals surface area contributed by atoms with E-state index in [2.05, 4.69) is 4.72 Å². The van der Waals surface area contributed by atoms with Crippen LogP contribution >= 0.6 is 11.3 Å². The number of hydrogen-bond donors (Lipinski definition) is 1. The fraction of sp³-hybridized carbons (Fsp3) is 0.333. The van der Waals surface area contributed by atoms with Gasteiger partial charge in [0.15, 0.2) is 0 Å². The Balaban J connectivity index is 2.08. The Morgan fingerprint density at radius 1 is 1.37 bits per heavy atom. The molecule has 2 aromatic rings. The average molecular weight is 300 g/mol. The van der Waals surface area contributed by atoms with Gasteiger partial charge in [-0.15, -0.1) is 11.3 Å². The van der Waals surface area contributed by atoms with Crippen molar-refractivity contribution < 1.29 is 12.8 Å². The first-order valence-corrected chi connectivity index (χ1v) is 8.10. The molecule has 2 aromatic heterocycles. The summed E-state index contributed by atoms with van der Waals surface area (Å²) >= 11 is 1.20. The number of likely N-dealkylation sites (N-methyl/N-ethyl adjacent to an activating group) is 1. The quantitative estimate of drug-likeness (QED) is 0.885. The average Bonchev–Trinajstić information content (AvgIpc) is 3.02. The molecule has 104 valence electrons. The standard InChI is InChI=1S/C12H16N2O3S2/c1-14(2)10(11-5-3-7-17-11)9-13-19(15,16)12-6-4-8-18-12/h3-8,10,13H,9H2,1-2H3/t10-/m1/s1. The summed E-state index contributed by atoms with van der Waals surface area (Å²) in [5.41, 5.74) is 0. The summed E-state index contributed by atoms with van der Waals surface area (Å²) in [4.78, 5) is 1.91. The smallest absolute Gasteiger partial charge is 0.250 e. The molecule has 0 bridgehead atoms. The molecule has 7 heteroatoms. The number of rotatable bonds is 6. The van der Waals surface area contributed by atoms with Crippen LogP contribution in [0.1, 0.15) is 11.8 Å². The van der Waals surface area contributed by atoms with Gasteiger partial charge in [0.1, 0.15) is 9.97 Å². The predicted octanol–water partition coefficient (Wildman–Crippen LogP) is 1.92. The van der Waals surface area contributed by atoms with E-state index in [9.17, 15) is 8.42 Å². The molecule has 0 amide bonds. The van der Waals surface area contributed by atoms with Crippen molar-refractivity contribution in [2.75, 3.05) is 20.6 Å². The second-order valence-corrected chi connectivity index (χ2v) is 7.22. The summed E-state index contributed by atoms with van der Waals surface area (Å²) in [6.07, 6.45) is 1.58. The summed E-state index contributed by atoms with van der Waals surface area (Å²) < 4.78 is 32.4. The third-order valence-corrected chi connectivity index (χ3v) is 5.54. The topological polar surface area (TPSA) is 62.6 Å². The van der Waals surface area contributed by atoms with Gasteiger partial charge in [-0.1, -0.05) is 6.07 Å². The minimum absolute atomic E-state index is 0.135. The van der Waals surface area contributed by atoms with E-state index in [0.717, 1.165) is 5.76 Å². The van der Waals surface area contributed by atoms with Crippen LogP contribution in [0.15, 0.2) is 44.5 Å². The third-order valence-electron chi connectivity index (χ3n) is 2.72. The summed E-state index contributed by atoms with van der Waals surface area (Å²) in [6, 6.07) is 6.80. The largest absolute Gasteiger partial charge is 0.468 e. The second-order valence-electron chi connectivity index (χ2n) is 4.28. The third kappa shape index (κ3) is 3.44. The van der Waals surface area contributed by atoms with Gasteiger partial charge in [-0.2, -0.15) is 0 Å². The molecule has 0 aromatic carbocycles. The van der Waals surface area contributed by atoms with Crippen LogP contribution in [-0.4, -0.2) is 34.0 Å². The molecule has 0 saturated heterocycles. The van der Waals surface area contributed by atoms with Crippen molar-refractivity contribution in [3.05, 3.63) is 41.7 Å². The normalized spacial score (nSPS) is 13.8.